The third-order valence-corrected chi connectivity index (χ3v) is 3.01. The SMILES string of the molecule is Cc1ccc(N/C=C(/C#N)C(=O)NC(C)(C)C)c(Br)c1. The molecule has 0 unspecified atom stereocenters. The maximum Gasteiger partial charge on any atom is 0.263 e. The molecule has 0 aromatic heterocycles. The number of nitriles is 1. The van der Waals surface area contributed by atoms with Gasteiger partial charge in [-0.3, -0.25) is 4.79 Å². The molecule has 0 saturated carbocycles. The van der Waals surface area contributed by atoms with E-state index in [4.69, 9.17) is 5.26 Å². The molecule has 0 saturated heterocycles. The molecule has 0 aliphatic rings. The van der Waals surface area contributed by atoms with Crippen LogP contribution in [0.5, 0.6) is 0 Å². The largest absolute Gasteiger partial charge is 0.359 e. The lowest BCUT2D eigenvalue weighted by Gasteiger charge is -2.20. The van der Waals surface area contributed by atoms with E-state index in [1.807, 2.05) is 52.0 Å². The highest BCUT2D eigenvalue weighted by Gasteiger charge is 2.17. The Morgan fingerprint density at radius 1 is 1.40 bits per heavy atom. The molecule has 0 fully saturated rings. The number of carbonyl (C=O) groups is 1. The number of carbonyl (C=O) groups excluding carboxylic acids is 1. The van der Waals surface area contributed by atoms with E-state index >= 15 is 0 Å². The second-order valence-corrected chi connectivity index (χ2v) is 6.36. The topological polar surface area (TPSA) is 64.9 Å². The smallest absolute Gasteiger partial charge is 0.263 e. The molecule has 0 aliphatic heterocycles. The zero-order chi connectivity index (χ0) is 15.3. The van der Waals surface area contributed by atoms with Gasteiger partial charge < -0.3 is 10.6 Å². The number of aryl methyl sites for hydroxylation is 1. The Balaban J connectivity index is 2.86. The fourth-order valence-electron chi connectivity index (χ4n) is 1.44. The Kier molecular flexibility index (Phi) is 5.34. The number of amides is 1. The zero-order valence-corrected chi connectivity index (χ0v) is 13.6. The molecule has 1 amide bonds. The van der Waals surface area contributed by atoms with Gasteiger partial charge in [-0.05, 0) is 61.3 Å². The quantitative estimate of drug-likeness (QED) is 0.656. The minimum Gasteiger partial charge on any atom is -0.359 e. The first-order chi connectivity index (χ1) is 9.23. The number of halogens is 1. The van der Waals surface area contributed by atoms with Crippen molar-refractivity contribution < 1.29 is 4.79 Å². The van der Waals surface area contributed by atoms with Gasteiger partial charge in [0.25, 0.3) is 5.91 Å². The number of benzene rings is 1. The second-order valence-electron chi connectivity index (χ2n) is 5.50. The van der Waals surface area contributed by atoms with Crippen LogP contribution in [0.25, 0.3) is 0 Å². The molecule has 106 valence electrons. The van der Waals surface area contributed by atoms with E-state index in [0.29, 0.717) is 0 Å². The Morgan fingerprint density at radius 2 is 2.05 bits per heavy atom. The van der Waals surface area contributed by atoms with Crippen molar-refractivity contribution in [3.8, 4) is 6.07 Å². The van der Waals surface area contributed by atoms with Crippen LogP contribution in [0.2, 0.25) is 0 Å². The van der Waals surface area contributed by atoms with Crippen LogP contribution in [-0.2, 0) is 4.79 Å². The number of anilines is 1. The molecule has 0 radical (unpaired) electrons. The van der Waals surface area contributed by atoms with Gasteiger partial charge in [-0.15, -0.1) is 0 Å². The third kappa shape index (κ3) is 5.06. The predicted octanol–water partition coefficient (Wildman–Crippen LogP) is 3.49. The normalized spacial score (nSPS) is 11.7. The average Bonchev–Trinajstić information content (AvgIpc) is 2.30. The monoisotopic (exact) mass is 335 g/mol. The summed E-state index contributed by atoms with van der Waals surface area (Å²) in [6.45, 7) is 7.58. The molecule has 1 rings (SSSR count). The molecule has 5 heteroatoms. The Morgan fingerprint density at radius 3 is 2.55 bits per heavy atom. The molecule has 0 bridgehead atoms. The van der Waals surface area contributed by atoms with Crippen LogP contribution in [0.4, 0.5) is 5.69 Å². The minimum absolute atomic E-state index is 0.0346. The van der Waals surface area contributed by atoms with Crippen molar-refractivity contribution in [2.45, 2.75) is 33.2 Å². The predicted molar refractivity (Wildman–Crippen MR) is 84.1 cm³/mol. The Labute approximate surface area is 128 Å². The first-order valence-electron chi connectivity index (χ1n) is 6.18. The fourth-order valence-corrected chi connectivity index (χ4v) is 2.05. The van der Waals surface area contributed by atoms with Gasteiger partial charge in [0.05, 0.1) is 5.69 Å². The van der Waals surface area contributed by atoms with E-state index in [9.17, 15) is 4.79 Å². The zero-order valence-electron chi connectivity index (χ0n) is 12.0. The summed E-state index contributed by atoms with van der Waals surface area (Å²) in [5.74, 6) is -0.393. The van der Waals surface area contributed by atoms with Crippen molar-refractivity contribution in [1.29, 1.82) is 5.26 Å². The van der Waals surface area contributed by atoms with Gasteiger partial charge in [-0.2, -0.15) is 5.26 Å². The van der Waals surface area contributed by atoms with Crippen LogP contribution in [0.3, 0.4) is 0 Å². The van der Waals surface area contributed by atoms with Crippen LogP contribution in [0.1, 0.15) is 26.3 Å². The van der Waals surface area contributed by atoms with Crippen molar-refractivity contribution in [3.05, 3.63) is 40.0 Å². The summed E-state index contributed by atoms with van der Waals surface area (Å²) in [7, 11) is 0. The number of rotatable bonds is 3. The second kappa shape index (κ2) is 6.58. The molecule has 1 aromatic carbocycles. The van der Waals surface area contributed by atoms with Crippen molar-refractivity contribution in [1.82, 2.24) is 5.32 Å². The van der Waals surface area contributed by atoms with Crippen molar-refractivity contribution in [2.75, 3.05) is 5.32 Å². The molecule has 1 aromatic rings. The number of hydrogen-bond donors (Lipinski definition) is 2. The summed E-state index contributed by atoms with van der Waals surface area (Å²) >= 11 is 3.43. The lowest BCUT2D eigenvalue weighted by atomic mass is 10.1. The average molecular weight is 336 g/mol. The van der Waals surface area contributed by atoms with Gasteiger partial charge in [0, 0.05) is 16.2 Å². The highest BCUT2D eigenvalue weighted by molar-refractivity contribution is 9.10. The van der Waals surface area contributed by atoms with Crippen molar-refractivity contribution in [3.63, 3.8) is 0 Å². The maximum absolute atomic E-state index is 11.9. The van der Waals surface area contributed by atoms with Crippen molar-refractivity contribution >= 4 is 27.5 Å². The summed E-state index contributed by atoms with van der Waals surface area (Å²) in [4.78, 5) is 11.9. The molecule has 0 atom stereocenters. The molecular formula is C15H18BrN3O. The van der Waals surface area contributed by atoms with E-state index < -0.39 is 5.91 Å². The summed E-state index contributed by atoms with van der Waals surface area (Å²) in [6.07, 6.45) is 1.41. The van der Waals surface area contributed by atoms with E-state index in [1.54, 1.807) is 0 Å². The van der Waals surface area contributed by atoms with Gasteiger partial charge in [-0.25, -0.2) is 0 Å². The van der Waals surface area contributed by atoms with Crippen LogP contribution in [0.15, 0.2) is 34.4 Å². The molecule has 0 heterocycles. The van der Waals surface area contributed by atoms with E-state index in [2.05, 4.69) is 26.6 Å². The van der Waals surface area contributed by atoms with E-state index in [-0.39, 0.29) is 11.1 Å². The van der Waals surface area contributed by atoms with Gasteiger partial charge in [-0.1, -0.05) is 6.07 Å². The molecule has 0 aliphatic carbocycles. The molecular weight excluding hydrogens is 318 g/mol. The third-order valence-electron chi connectivity index (χ3n) is 2.35. The van der Waals surface area contributed by atoms with Gasteiger partial charge >= 0.3 is 0 Å². The van der Waals surface area contributed by atoms with Gasteiger partial charge in [0.15, 0.2) is 0 Å². The lowest BCUT2D eigenvalue weighted by Crippen LogP contribution is -2.41. The standard InChI is InChI=1S/C15H18BrN3O/c1-10-5-6-13(12(16)7-10)18-9-11(8-17)14(20)19-15(2,3)4/h5-7,9,18H,1-4H3,(H,19,20)/b11-9-. The van der Waals surface area contributed by atoms with Crippen LogP contribution < -0.4 is 10.6 Å². The number of nitrogens with zero attached hydrogens (tertiary/aromatic N) is 1. The molecule has 20 heavy (non-hydrogen) atoms. The summed E-state index contributed by atoms with van der Waals surface area (Å²) in [6, 6.07) is 7.68. The highest BCUT2D eigenvalue weighted by atomic mass is 79.9. The van der Waals surface area contributed by atoms with E-state index in [1.165, 1.54) is 6.20 Å². The summed E-state index contributed by atoms with van der Waals surface area (Å²) < 4.78 is 0.877. The summed E-state index contributed by atoms with van der Waals surface area (Å²) in [5.41, 5.74) is 1.58. The highest BCUT2D eigenvalue weighted by Crippen LogP contribution is 2.23. The number of hydrogen-bond acceptors (Lipinski definition) is 3. The molecule has 0 spiro atoms. The van der Waals surface area contributed by atoms with Crippen LogP contribution in [-0.4, -0.2) is 11.4 Å². The van der Waals surface area contributed by atoms with E-state index in [0.717, 1.165) is 15.7 Å². The Bertz CT molecular complexity index is 580. The van der Waals surface area contributed by atoms with Gasteiger partial charge in [0.2, 0.25) is 0 Å². The first-order valence-corrected chi connectivity index (χ1v) is 6.98. The summed E-state index contributed by atoms with van der Waals surface area (Å²) in [5, 5.41) is 14.8. The van der Waals surface area contributed by atoms with Gasteiger partial charge in [0.1, 0.15) is 11.6 Å². The molecule has 2 N–H and O–H groups in total. The maximum atomic E-state index is 11.9. The van der Waals surface area contributed by atoms with Crippen LogP contribution >= 0.6 is 15.9 Å². The lowest BCUT2D eigenvalue weighted by molar-refractivity contribution is -0.118. The van der Waals surface area contributed by atoms with Crippen molar-refractivity contribution in [2.24, 2.45) is 0 Å². The molecule has 4 nitrogen and oxygen atoms in total. The van der Waals surface area contributed by atoms with Crippen LogP contribution in [0, 0.1) is 18.3 Å². The fraction of sp³-hybridized carbons (Fsp3) is 0.333. The Hall–Kier alpha value is -1.80. The first kappa shape index (κ1) is 16.3. The minimum atomic E-state index is -0.393. The number of nitrogens with one attached hydrogen (secondary N) is 2.